The Kier molecular flexibility index (Phi) is 4.59. The summed E-state index contributed by atoms with van der Waals surface area (Å²) >= 11 is 7.12. The normalized spacial score (nSPS) is 13.1. The van der Waals surface area contributed by atoms with Gasteiger partial charge in [-0.3, -0.25) is 0 Å². The van der Waals surface area contributed by atoms with Crippen molar-refractivity contribution < 1.29 is 0 Å². The first-order chi connectivity index (χ1) is 12.1. The average Bonchev–Trinajstić information content (AvgIpc) is 3.07. The van der Waals surface area contributed by atoms with Gasteiger partial charge >= 0.3 is 0 Å². The Morgan fingerprint density at radius 3 is 1.32 bits per heavy atom. The molecule has 0 bridgehead atoms. The smallest absolute Gasteiger partial charge is 0.0175 e. The van der Waals surface area contributed by atoms with E-state index in [1.54, 1.807) is 11.1 Å². The summed E-state index contributed by atoms with van der Waals surface area (Å²) in [5, 5.41) is 0. The summed E-state index contributed by atoms with van der Waals surface area (Å²) < 4.78 is 2.27. The summed E-state index contributed by atoms with van der Waals surface area (Å²) in [5.41, 5.74) is 11.5. The maximum absolute atomic E-state index is 3.56. The van der Waals surface area contributed by atoms with Crippen molar-refractivity contribution in [3.63, 3.8) is 0 Å². The fourth-order valence-corrected chi connectivity index (χ4v) is 4.67. The van der Waals surface area contributed by atoms with Crippen molar-refractivity contribution >= 4 is 31.9 Å². The van der Waals surface area contributed by atoms with Gasteiger partial charge in [-0.15, -0.1) is 0 Å². The molecule has 0 unspecified atom stereocenters. The second-order valence-corrected chi connectivity index (χ2v) is 8.66. The summed E-state index contributed by atoms with van der Waals surface area (Å²) in [7, 11) is 0. The van der Waals surface area contributed by atoms with E-state index in [4.69, 9.17) is 0 Å². The van der Waals surface area contributed by atoms with E-state index in [0.717, 1.165) is 8.95 Å². The minimum Gasteiger partial charge on any atom is -0.0532 e. The zero-order chi connectivity index (χ0) is 17.6. The number of halogens is 2. The lowest BCUT2D eigenvalue weighted by atomic mass is 9.83. The number of rotatable bonds is 2. The molecule has 0 N–H and O–H groups in total. The third-order valence-corrected chi connectivity index (χ3v) is 6.46. The fourth-order valence-electron chi connectivity index (χ4n) is 4.14. The maximum atomic E-state index is 3.56. The van der Waals surface area contributed by atoms with Crippen molar-refractivity contribution in [3.8, 4) is 22.3 Å². The van der Waals surface area contributed by atoms with Crippen LogP contribution < -0.4 is 0 Å². The minimum absolute atomic E-state index is 1.13. The van der Waals surface area contributed by atoms with Gasteiger partial charge in [-0.25, -0.2) is 0 Å². The largest absolute Gasteiger partial charge is 0.0532 e. The van der Waals surface area contributed by atoms with E-state index in [-0.39, 0.29) is 0 Å². The van der Waals surface area contributed by atoms with Crippen LogP contribution in [0.5, 0.6) is 0 Å². The molecule has 25 heavy (non-hydrogen) atoms. The molecule has 0 fully saturated rings. The van der Waals surface area contributed by atoms with Crippen LogP contribution in [-0.2, 0) is 12.8 Å². The Morgan fingerprint density at radius 2 is 0.960 bits per heavy atom. The molecule has 0 saturated carbocycles. The lowest BCUT2D eigenvalue weighted by Gasteiger charge is -2.21. The van der Waals surface area contributed by atoms with Crippen LogP contribution in [0.3, 0.4) is 0 Å². The van der Waals surface area contributed by atoms with Crippen LogP contribution >= 0.6 is 31.9 Å². The zero-order valence-corrected chi connectivity index (χ0v) is 17.7. The first kappa shape index (κ1) is 17.1. The lowest BCUT2D eigenvalue weighted by Crippen LogP contribution is -2.00. The quantitative estimate of drug-likeness (QED) is 0.372. The fraction of sp³-hybridized carbons (Fsp3) is 0.217. The van der Waals surface area contributed by atoms with Crippen molar-refractivity contribution in [1.29, 1.82) is 0 Å². The third-order valence-electron chi connectivity index (χ3n) is 5.40. The summed E-state index contributed by atoms with van der Waals surface area (Å²) in [6.45, 7) is 4.57. The Bertz CT molecular complexity index is 857. The molecule has 0 saturated heterocycles. The zero-order valence-electron chi connectivity index (χ0n) is 14.5. The SMILES string of the molecule is Cc1c(C)c(-c2ccc(Br)cc2)c2c(c1-c1ccc(Br)cc1)CCC2. The van der Waals surface area contributed by atoms with Gasteiger partial charge in [-0.05, 0) is 102 Å². The van der Waals surface area contributed by atoms with Crippen LogP contribution in [-0.4, -0.2) is 0 Å². The van der Waals surface area contributed by atoms with Crippen molar-refractivity contribution in [2.75, 3.05) is 0 Å². The predicted octanol–water partition coefficient (Wildman–Crippen LogP) is 7.65. The van der Waals surface area contributed by atoms with Gasteiger partial charge in [0.05, 0.1) is 0 Å². The predicted molar refractivity (Wildman–Crippen MR) is 114 cm³/mol. The highest BCUT2D eigenvalue weighted by molar-refractivity contribution is 9.10. The Hall–Kier alpha value is -1.38. The highest BCUT2D eigenvalue weighted by atomic mass is 79.9. The van der Waals surface area contributed by atoms with Crippen LogP contribution in [0.1, 0.15) is 28.7 Å². The molecule has 3 aromatic carbocycles. The molecular formula is C23H20Br2. The van der Waals surface area contributed by atoms with Crippen molar-refractivity contribution in [1.82, 2.24) is 0 Å². The van der Waals surface area contributed by atoms with Crippen molar-refractivity contribution in [3.05, 3.63) is 79.7 Å². The molecule has 0 spiro atoms. The van der Waals surface area contributed by atoms with E-state index in [9.17, 15) is 0 Å². The summed E-state index contributed by atoms with van der Waals surface area (Å²) in [6.07, 6.45) is 3.63. The maximum Gasteiger partial charge on any atom is 0.0175 e. The van der Waals surface area contributed by atoms with E-state index in [1.165, 1.54) is 52.6 Å². The molecule has 0 heterocycles. The van der Waals surface area contributed by atoms with Crippen LogP contribution in [0, 0.1) is 13.8 Å². The molecule has 1 aliphatic carbocycles. The highest BCUT2D eigenvalue weighted by Crippen LogP contribution is 2.43. The van der Waals surface area contributed by atoms with E-state index in [0.29, 0.717) is 0 Å². The van der Waals surface area contributed by atoms with Crippen molar-refractivity contribution in [2.45, 2.75) is 33.1 Å². The minimum atomic E-state index is 1.13. The van der Waals surface area contributed by atoms with Gasteiger partial charge in [0.15, 0.2) is 0 Å². The second kappa shape index (κ2) is 6.74. The van der Waals surface area contributed by atoms with Crippen LogP contribution in [0.4, 0.5) is 0 Å². The van der Waals surface area contributed by atoms with Gasteiger partial charge in [0.1, 0.15) is 0 Å². The molecule has 0 radical (unpaired) electrons. The highest BCUT2D eigenvalue weighted by Gasteiger charge is 2.24. The first-order valence-corrected chi connectivity index (χ1v) is 10.3. The molecule has 0 nitrogen and oxygen atoms in total. The standard InChI is InChI=1S/C23H20Br2/c1-14-15(2)23(17-8-12-19(25)13-9-17)21-5-3-4-20(21)22(14)16-6-10-18(24)11-7-16/h6-13H,3-5H2,1-2H3. The molecule has 126 valence electrons. The van der Waals surface area contributed by atoms with Crippen molar-refractivity contribution in [2.24, 2.45) is 0 Å². The van der Waals surface area contributed by atoms with Gasteiger partial charge in [0.25, 0.3) is 0 Å². The molecule has 4 rings (SSSR count). The van der Waals surface area contributed by atoms with E-state index >= 15 is 0 Å². The second-order valence-electron chi connectivity index (χ2n) is 6.82. The molecular weight excluding hydrogens is 436 g/mol. The van der Waals surface area contributed by atoms with E-state index in [1.807, 2.05) is 0 Å². The molecule has 2 heteroatoms. The van der Waals surface area contributed by atoms with Crippen LogP contribution in [0.2, 0.25) is 0 Å². The third kappa shape index (κ3) is 3.00. The van der Waals surface area contributed by atoms with Gasteiger partial charge in [0.2, 0.25) is 0 Å². The van der Waals surface area contributed by atoms with Crippen LogP contribution in [0.25, 0.3) is 22.3 Å². The van der Waals surface area contributed by atoms with Gasteiger partial charge in [0, 0.05) is 8.95 Å². The van der Waals surface area contributed by atoms with Gasteiger partial charge < -0.3 is 0 Å². The van der Waals surface area contributed by atoms with Crippen LogP contribution in [0.15, 0.2) is 57.5 Å². The molecule has 0 atom stereocenters. The lowest BCUT2D eigenvalue weighted by molar-refractivity contribution is 0.912. The Balaban J connectivity index is 1.98. The summed E-state index contributed by atoms with van der Waals surface area (Å²) in [6, 6.07) is 17.5. The molecule has 0 aromatic heterocycles. The average molecular weight is 456 g/mol. The molecule has 0 aliphatic heterocycles. The van der Waals surface area contributed by atoms with E-state index < -0.39 is 0 Å². The molecule has 0 amide bonds. The molecule has 1 aliphatic rings. The van der Waals surface area contributed by atoms with Gasteiger partial charge in [-0.1, -0.05) is 56.1 Å². The van der Waals surface area contributed by atoms with Gasteiger partial charge in [-0.2, -0.15) is 0 Å². The monoisotopic (exact) mass is 454 g/mol. The summed E-state index contributed by atoms with van der Waals surface area (Å²) in [4.78, 5) is 0. The number of benzene rings is 3. The number of hydrogen-bond donors (Lipinski definition) is 0. The number of hydrogen-bond acceptors (Lipinski definition) is 0. The Morgan fingerprint density at radius 1 is 0.600 bits per heavy atom. The molecule has 3 aromatic rings. The Labute approximate surface area is 166 Å². The first-order valence-electron chi connectivity index (χ1n) is 8.73. The topological polar surface area (TPSA) is 0 Å². The van der Waals surface area contributed by atoms with E-state index in [2.05, 4.69) is 94.2 Å². The summed E-state index contributed by atoms with van der Waals surface area (Å²) in [5.74, 6) is 0. The number of fused-ring (bicyclic) bond motifs is 1.